The maximum absolute atomic E-state index is 12.1. The molecule has 1 saturated carbocycles. The van der Waals surface area contributed by atoms with Gasteiger partial charge in [-0.15, -0.1) is 24.0 Å². The van der Waals surface area contributed by atoms with Crippen molar-refractivity contribution >= 4 is 52.3 Å². The molecular weight excluding hydrogens is 513 g/mol. The summed E-state index contributed by atoms with van der Waals surface area (Å²) < 4.78 is 23.3. The van der Waals surface area contributed by atoms with E-state index >= 15 is 0 Å². The number of rotatable bonds is 5. The van der Waals surface area contributed by atoms with Gasteiger partial charge in [0, 0.05) is 41.4 Å². The first kappa shape index (κ1) is 23.5. The highest BCUT2D eigenvalue weighted by Crippen LogP contribution is 2.38. The quantitative estimate of drug-likeness (QED) is 0.339. The summed E-state index contributed by atoms with van der Waals surface area (Å²) in [6.45, 7) is 3.62. The van der Waals surface area contributed by atoms with Crippen LogP contribution in [0.25, 0.3) is 0 Å². The zero-order valence-corrected chi connectivity index (χ0v) is 20.2. The fourth-order valence-corrected chi connectivity index (χ4v) is 5.23. The number of guanidine groups is 1. The summed E-state index contributed by atoms with van der Waals surface area (Å²) in [6, 6.07) is 4.13. The first-order valence-electron chi connectivity index (χ1n) is 9.53. The Bertz CT molecular complexity index is 720. The summed E-state index contributed by atoms with van der Waals surface area (Å²) in [5, 5.41) is 7.66. The van der Waals surface area contributed by atoms with Gasteiger partial charge in [-0.25, -0.2) is 0 Å². The van der Waals surface area contributed by atoms with Crippen molar-refractivity contribution in [1.82, 2.24) is 10.6 Å². The van der Waals surface area contributed by atoms with Crippen LogP contribution in [0.3, 0.4) is 0 Å². The van der Waals surface area contributed by atoms with E-state index in [1.807, 2.05) is 19.1 Å². The van der Waals surface area contributed by atoms with Gasteiger partial charge < -0.3 is 20.1 Å². The summed E-state index contributed by atoms with van der Waals surface area (Å²) in [4.78, 5) is 4.33. The molecule has 3 atom stereocenters. The molecule has 1 heterocycles. The Morgan fingerprint density at radius 2 is 2.11 bits per heavy atom. The Morgan fingerprint density at radius 1 is 1.32 bits per heavy atom. The van der Waals surface area contributed by atoms with Gasteiger partial charge in [-0.05, 0) is 37.0 Å². The fraction of sp³-hybridized carbons (Fsp3) is 0.632. The average molecular weight is 542 g/mol. The Labute approximate surface area is 191 Å². The maximum atomic E-state index is 12.1. The monoisotopic (exact) mass is 541 g/mol. The zero-order chi connectivity index (χ0) is 19.2. The molecule has 1 aromatic carbocycles. The molecule has 1 aliphatic heterocycles. The molecule has 1 aromatic rings. The van der Waals surface area contributed by atoms with E-state index in [1.54, 1.807) is 7.05 Å². The number of nitrogens with zero attached hydrogens (tertiary/aromatic N) is 1. The first-order chi connectivity index (χ1) is 13.1. The summed E-state index contributed by atoms with van der Waals surface area (Å²) in [5.74, 6) is 2.78. The van der Waals surface area contributed by atoms with E-state index in [-0.39, 0.29) is 29.2 Å². The van der Waals surface area contributed by atoms with E-state index in [0.717, 1.165) is 43.0 Å². The van der Waals surface area contributed by atoms with Crippen molar-refractivity contribution in [3.63, 3.8) is 0 Å². The van der Waals surface area contributed by atoms with Crippen LogP contribution in [0.15, 0.2) is 17.1 Å². The number of fused-ring (bicyclic) bond motifs is 1. The second-order valence-corrected chi connectivity index (χ2v) is 9.24. The SMILES string of the molecule is CCS(=O)C1CCCC(NC(=NC)NCc2cc(Cl)c3c(c2)OCCO3)C1.I. The van der Waals surface area contributed by atoms with Crippen molar-refractivity contribution in [1.29, 1.82) is 0 Å². The summed E-state index contributed by atoms with van der Waals surface area (Å²) in [6.07, 6.45) is 4.16. The fourth-order valence-electron chi connectivity index (χ4n) is 3.59. The number of hydrogen-bond acceptors (Lipinski definition) is 4. The minimum Gasteiger partial charge on any atom is -0.486 e. The normalized spacial score (nSPS) is 22.8. The van der Waals surface area contributed by atoms with Crippen molar-refractivity contribution in [2.24, 2.45) is 4.99 Å². The molecule has 28 heavy (non-hydrogen) atoms. The number of aliphatic imine (C=N–C) groups is 1. The molecule has 2 aliphatic rings. The van der Waals surface area contributed by atoms with E-state index in [0.29, 0.717) is 42.3 Å². The van der Waals surface area contributed by atoms with Crippen LogP contribution in [0.1, 0.15) is 38.2 Å². The third kappa shape index (κ3) is 6.13. The topological polar surface area (TPSA) is 72.0 Å². The molecule has 0 bridgehead atoms. The number of benzene rings is 1. The van der Waals surface area contributed by atoms with Crippen LogP contribution in [0, 0.1) is 0 Å². The first-order valence-corrected chi connectivity index (χ1v) is 11.3. The number of ether oxygens (including phenoxy) is 2. The van der Waals surface area contributed by atoms with Crippen molar-refractivity contribution in [2.45, 2.75) is 50.4 Å². The smallest absolute Gasteiger partial charge is 0.191 e. The molecular formula is C19H29ClIN3O3S. The van der Waals surface area contributed by atoms with E-state index < -0.39 is 10.8 Å². The standard InChI is InChI=1S/C19H28ClN3O3S.HI/c1-3-27(24)15-6-4-5-14(11-15)23-19(21-2)22-12-13-9-16(20)18-17(10-13)25-7-8-26-18;/h9-10,14-15H,3-8,11-12H2,1-2H3,(H2,21,22,23);1H. The third-order valence-corrected chi connectivity index (χ3v) is 6.98. The van der Waals surface area contributed by atoms with Gasteiger partial charge in [0.1, 0.15) is 13.2 Å². The van der Waals surface area contributed by atoms with Gasteiger partial charge in [0.15, 0.2) is 17.5 Å². The molecule has 158 valence electrons. The van der Waals surface area contributed by atoms with Gasteiger partial charge in [-0.3, -0.25) is 9.20 Å². The lowest BCUT2D eigenvalue weighted by Crippen LogP contribution is -2.46. The van der Waals surface area contributed by atoms with Crippen molar-refractivity contribution in [3.05, 3.63) is 22.7 Å². The molecule has 2 N–H and O–H groups in total. The molecule has 0 spiro atoms. The van der Waals surface area contributed by atoms with E-state index in [2.05, 4.69) is 15.6 Å². The van der Waals surface area contributed by atoms with Crippen molar-refractivity contribution in [2.75, 3.05) is 26.0 Å². The van der Waals surface area contributed by atoms with Gasteiger partial charge in [0.2, 0.25) is 0 Å². The molecule has 1 aliphatic carbocycles. The van der Waals surface area contributed by atoms with Crippen LogP contribution in [-0.4, -0.2) is 47.5 Å². The lowest BCUT2D eigenvalue weighted by molar-refractivity contribution is 0.171. The largest absolute Gasteiger partial charge is 0.486 e. The van der Waals surface area contributed by atoms with Crippen LogP contribution >= 0.6 is 35.6 Å². The predicted octanol–water partition coefficient (Wildman–Crippen LogP) is 3.47. The molecule has 0 amide bonds. The molecule has 0 radical (unpaired) electrons. The number of halogens is 2. The van der Waals surface area contributed by atoms with Crippen LogP contribution in [0.5, 0.6) is 11.5 Å². The Hall–Kier alpha value is -0.740. The highest BCUT2D eigenvalue weighted by atomic mass is 127. The molecule has 6 nitrogen and oxygen atoms in total. The minimum absolute atomic E-state index is 0. The zero-order valence-electron chi connectivity index (χ0n) is 16.3. The summed E-state index contributed by atoms with van der Waals surface area (Å²) >= 11 is 6.30. The lowest BCUT2D eigenvalue weighted by Gasteiger charge is -2.30. The van der Waals surface area contributed by atoms with Gasteiger partial charge in [0.05, 0.1) is 5.02 Å². The number of nitrogens with one attached hydrogen (secondary N) is 2. The van der Waals surface area contributed by atoms with E-state index in [4.69, 9.17) is 21.1 Å². The molecule has 3 unspecified atom stereocenters. The Balaban J connectivity index is 0.00000280. The van der Waals surface area contributed by atoms with Crippen LogP contribution < -0.4 is 20.1 Å². The molecule has 9 heteroatoms. The van der Waals surface area contributed by atoms with E-state index in [9.17, 15) is 4.21 Å². The Kier molecular flexibility index (Phi) is 9.62. The summed E-state index contributed by atoms with van der Waals surface area (Å²) in [7, 11) is 1.03. The molecule has 0 saturated heterocycles. The molecule has 0 aromatic heterocycles. The molecule has 1 fully saturated rings. The lowest BCUT2D eigenvalue weighted by atomic mass is 9.95. The van der Waals surface area contributed by atoms with Gasteiger partial charge in [-0.2, -0.15) is 0 Å². The van der Waals surface area contributed by atoms with Gasteiger partial charge in [0.25, 0.3) is 0 Å². The van der Waals surface area contributed by atoms with E-state index in [1.165, 1.54) is 0 Å². The summed E-state index contributed by atoms with van der Waals surface area (Å²) in [5.41, 5.74) is 1.00. The van der Waals surface area contributed by atoms with Gasteiger partial charge in [-0.1, -0.05) is 24.9 Å². The van der Waals surface area contributed by atoms with Crippen molar-refractivity contribution in [3.8, 4) is 11.5 Å². The second-order valence-electron chi connectivity index (χ2n) is 6.83. The Morgan fingerprint density at radius 3 is 2.86 bits per heavy atom. The maximum Gasteiger partial charge on any atom is 0.191 e. The predicted molar refractivity (Wildman–Crippen MR) is 126 cm³/mol. The highest BCUT2D eigenvalue weighted by molar-refractivity contribution is 14.0. The number of hydrogen-bond donors (Lipinski definition) is 2. The molecule has 3 rings (SSSR count). The van der Waals surface area contributed by atoms with Crippen molar-refractivity contribution < 1.29 is 13.7 Å². The second kappa shape index (κ2) is 11.4. The average Bonchev–Trinajstić information content (AvgIpc) is 2.70. The van der Waals surface area contributed by atoms with Crippen LogP contribution in [-0.2, 0) is 17.3 Å². The van der Waals surface area contributed by atoms with Crippen LogP contribution in [0.4, 0.5) is 0 Å². The van der Waals surface area contributed by atoms with Crippen LogP contribution in [0.2, 0.25) is 5.02 Å². The minimum atomic E-state index is -0.729. The van der Waals surface area contributed by atoms with Gasteiger partial charge >= 0.3 is 0 Å². The highest BCUT2D eigenvalue weighted by Gasteiger charge is 2.26. The third-order valence-electron chi connectivity index (χ3n) is 4.96.